The van der Waals surface area contributed by atoms with E-state index in [1.807, 2.05) is 19.0 Å². The van der Waals surface area contributed by atoms with Crippen LogP contribution < -0.4 is 20.7 Å². The van der Waals surface area contributed by atoms with Crippen LogP contribution in [0.4, 0.5) is 28.4 Å². The van der Waals surface area contributed by atoms with Crippen LogP contribution in [-0.2, 0) is 14.8 Å². The number of nitrogens with zero attached hydrogens (tertiary/aromatic N) is 3. The van der Waals surface area contributed by atoms with Gasteiger partial charge in [0.05, 0.1) is 33.8 Å². The van der Waals surface area contributed by atoms with Gasteiger partial charge in [0.25, 0.3) is 11.6 Å². The maximum atomic E-state index is 13.1. The van der Waals surface area contributed by atoms with Crippen LogP contribution in [0, 0.1) is 10.1 Å². The van der Waals surface area contributed by atoms with Crippen molar-refractivity contribution in [3.8, 4) is 0 Å². The van der Waals surface area contributed by atoms with E-state index in [4.69, 9.17) is 17.3 Å². The molecule has 3 aromatic carbocycles. The Balaban J connectivity index is 1.80. The van der Waals surface area contributed by atoms with Gasteiger partial charge in [0.1, 0.15) is 5.69 Å². The number of likely N-dealkylation sites (N-methyl/N-ethyl adjacent to an activating group) is 1. The van der Waals surface area contributed by atoms with Gasteiger partial charge in [-0.25, -0.2) is 8.42 Å². The van der Waals surface area contributed by atoms with Crippen molar-refractivity contribution in [1.82, 2.24) is 4.90 Å². The van der Waals surface area contributed by atoms with Gasteiger partial charge in [0.15, 0.2) is 0 Å². The molecule has 1 aliphatic rings. The number of rotatable bonds is 9. The first-order valence-corrected chi connectivity index (χ1v) is 14.0. The first kappa shape index (κ1) is 27.9. The zero-order valence-corrected chi connectivity index (χ0v) is 23.0. The standard InChI is InChI=1S/C26H27ClN6O5S/c1-31(2)12-13-32(39(3,37)38)19-8-6-18(7-9-19)29-25(16-4-11-21(28)23(14-16)33(35)36)24-20-10-5-17(27)15-22(20)30-26(24)34/h4-11,14-15,29H,12-13,28H2,1-3H3,(H,30,34). The third-order valence-corrected chi connectivity index (χ3v) is 7.50. The monoisotopic (exact) mass is 570 g/mol. The highest BCUT2D eigenvalue weighted by Crippen LogP contribution is 2.40. The van der Waals surface area contributed by atoms with Crippen LogP contribution in [0.25, 0.3) is 11.3 Å². The number of amides is 1. The van der Waals surface area contributed by atoms with Gasteiger partial charge in [-0.3, -0.25) is 19.2 Å². The number of nitrogen functional groups attached to an aromatic ring is 1. The molecule has 0 saturated carbocycles. The summed E-state index contributed by atoms with van der Waals surface area (Å²) in [6.45, 7) is 0.792. The third kappa shape index (κ3) is 6.14. The molecule has 3 aromatic rings. The molecule has 1 heterocycles. The van der Waals surface area contributed by atoms with Crippen LogP contribution in [0.5, 0.6) is 0 Å². The van der Waals surface area contributed by atoms with Crippen molar-refractivity contribution in [1.29, 1.82) is 0 Å². The van der Waals surface area contributed by atoms with E-state index in [2.05, 4.69) is 10.6 Å². The molecule has 0 aliphatic carbocycles. The lowest BCUT2D eigenvalue weighted by molar-refractivity contribution is -0.383. The van der Waals surface area contributed by atoms with Gasteiger partial charge < -0.3 is 21.3 Å². The average molecular weight is 571 g/mol. The van der Waals surface area contributed by atoms with Crippen LogP contribution in [0.2, 0.25) is 5.02 Å². The number of nitrogens with two attached hydrogens (primary N) is 1. The molecule has 13 heteroatoms. The number of benzene rings is 3. The molecular weight excluding hydrogens is 544 g/mol. The van der Waals surface area contributed by atoms with Crippen LogP contribution in [0.1, 0.15) is 11.1 Å². The molecule has 0 radical (unpaired) electrons. The van der Waals surface area contributed by atoms with Crippen LogP contribution in [0.3, 0.4) is 0 Å². The van der Waals surface area contributed by atoms with Crippen LogP contribution >= 0.6 is 11.6 Å². The molecule has 0 bridgehead atoms. The molecule has 0 aromatic heterocycles. The Bertz CT molecular complexity index is 1590. The Morgan fingerprint density at radius 3 is 2.38 bits per heavy atom. The molecule has 0 fully saturated rings. The highest BCUT2D eigenvalue weighted by molar-refractivity contribution is 7.92. The summed E-state index contributed by atoms with van der Waals surface area (Å²) in [7, 11) is 0.184. The predicted molar refractivity (Wildman–Crippen MR) is 155 cm³/mol. The van der Waals surface area contributed by atoms with E-state index in [9.17, 15) is 23.3 Å². The Kier molecular flexibility index (Phi) is 7.82. The van der Waals surface area contributed by atoms with Gasteiger partial charge in [0, 0.05) is 41.0 Å². The van der Waals surface area contributed by atoms with Crippen LogP contribution in [-0.4, -0.2) is 57.6 Å². The molecular formula is C26H27ClN6O5S. The summed E-state index contributed by atoms with van der Waals surface area (Å²) in [5, 5.41) is 18.0. The molecule has 0 unspecified atom stereocenters. The summed E-state index contributed by atoms with van der Waals surface area (Å²) in [5.74, 6) is -0.419. The summed E-state index contributed by atoms with van der Waals surface area (Å²) in [6.07, 6.45) is 1.15. The molecule has 204 valence electrons. The maximum absolute atomic E-state index is 13.1. The molecule has 0 saturated heterocycles. The van der Waals surface area contributed by atoms with E-state index in [-0.39, 0.29) is 23.5 Å². The van der Waals surface area contributed by atoms with Crippen LogP contribution in [0.15, 0.2) is 60.7 Å². The van der Waals surface area contributed by atoms with E-state index in [1.54, 1.807) is 48.5 Å². The van der Waals surface area contributed by atoms with E-state index in [0.717, 1.165) is 6.26 Å². The van der Waals surface area contributed by atoms with Gasteiger partial charge in [-0.15, -0.1) is 0 Å². The minimum Gasteiger partial charge on any atom is -0.393 e. The zero-order chi connectivity index (χ0) is 28.5. The van der Waals surface area contributed by atoms with Crippen molar-refractivity contribution in [3.05, 3.63) is 86.9 Å². The number of halogens is 1. The molecule has 11 nitrogen and oxygen atoms in total. The van der Waals surface area contributed by atoms with E-state index in [1.165, 1.54) is 16.4 Å². The largest absolute Gasteiger partial charge is 0.393 e. The van der Waals surface area contributed by atoms with Gasteiger partial charge in [0.2, 0.25) is 10.0 Å². The van der Waals surface area contributed by atoms with Crippen molar-refractivity contribution in [2.75, 3.05) is 54.1 Å². The molecule has 1 aliphatic heterocycles. The highest BCUT2D eigenvalue weighted by Gasteiger charge is 2.29. The lowest BCUT2D eigenvalue weighted by atomic mass is 9.99. The summed E-state index contributed by atoms with van der Waals surface area (Å²) in [4.78, 5) is 26.0. The second kappa shape index (κ2) is 10.9. The molecule has 0 spiro atoms. The second-order valence-corrected chi connectivity index (χ2v) is 11.6. The quantitative estimate of drug-likeness (QED) is 0.151. The van der Waals surface area contributed by atoms with Gasteiger partial charge in [-0.05, 0) is 56.6 Å². The average Bonchev–Trinajstić information content (AvgIpc) is 3.17. The number of nitro benzene ring substituents is 1. The number of nitrogens with one attached hydrogen (secondary N) is 2. The molecule has 0 atom stereocenters. The number of hydrogen-bond donors (Lipinski definition) is 3. The summed E-state index contributed by atoms with van der Waals surface area (Å²) in [6, 6.07) is 15.9. The number of anilines is 4. The summed E-state index contributed by atoms with van der Waals surface area (Å²) in [5.41, 5.74) is 8.48. The van der Waals surface area contributed by atoms with E-state index >= 15 is 0 Å². The fraction of sp³-hybridized carbons (Fsp3) is 0.192. The van der Waals surface area contributed by atoms with Crippen molar-refractivity contribution in [3.63, 3.8) is 0 Å². The lowest BCUT2D eigenvalue weighted by Gasteiger charge is -2.24. The Labute approximate surface area is 231 Å². The normalized spacial score (nSPS) is 14.1. The van der Waals surface area contributed by atoms with E-state index < -0.39 is 20.9 Å². The van der Waals surface area contributed by atoms with E-state index in [0.29, 0.717) is 45.5 Å². The van der Waals surface area contributed by atoms with Crippen molar-refractivity contribution >= 4 is 67.2 Å². The Morgan fingerprint density at radius 2 is 1.77 bits per heavy atom. The fourth-order valence-corrected chi connectivity index (χ4v) is 5.25. The number of carbonyl (C=O) groups excluding carboxylic acids is 1. The fourth-order valence-electron chi connectivity index (χ4n) is 4.16. The number of fused-ring (bicyclic) bond motifs is 1. The maximum Gasteiger partial charge on any atom is 0.292 e. The topological polar surface area (TPSA) is 151 Å². The molecule has 39 heavy (non-hydrogen) atoms. The SMILES string of the molecule is CN(C)CCN(c1ccc(NC(=C2C(=O)Nc3cc(Cl)ccc32)c2ccc(N)c([N+](=O)[O-])c2)cc1)S(C)(=O)=O. The number of sulfonamides is 1. The zero-order valence-electron chi connectivity index (χ0n) is 21.4. The smallest absolute Gasteiger partial charge is 0.292 e. The second-order valence-electron chi connectivity index (χ2n) is 9.24. The Morgan fingerprint density at radius 1 is 1.08 bits per heavy atom. The molecule has 1 amide bonds. The number of hydrogen-bond acceptors (Lipinski definition) is 8. The first-order valence-electron chi connectivity index (χ1n) is 11.7. The lowest BCUT2D eigenvalue weighted by Crippen LogP contribution is -2.35. The number of nitro groups is 1. The first-order chi connectivity index (χ1) is 18.3. The molecule has 4 rings (SSSR count). The molecule has 4 N–H and O–H groups in total. The van der Waals surface area contributed by atoms with Crippen molar-refractivity contribution < 1.29 is 18.1 Å². The highest BCUT2D eigenvalue weighted by atomic mass is 35.5. The summed E-state index contributed by atoms with van der Waals surface area (Å²) < 4.78 is 26.2. The predicted octanol–water partition coefficient (Wildman–Crippen LogP) is 4.09. The third-order valence-electron chi connectivity index (χ3n) is 6.07. The van der Waals surface area contributed by atoms with Gasteiger partial charge in [-0.2, -0.15) is 0 Å². The van der Waals surface area contributed by atoms with Crippen molar-refractivity contribution in [2.24, 2.45) is 0 Å². The Hall–Kier alpha value is -4.13. The van der Waals surface area contributed by atoms with Gasteiger partial charge >= 0.3 is 0 Å². The minimum atomic E-state index is -3.53. The minimum absolute atomic E-state index is 0.0147. The number of carbonyl (C=O) groups is 1. The van der Waals surface area contributed by atoms with Gasteiger partial charge in [-0.1, -0.05) is 23.7 Å². The van der Waals surface area contributed by atoms with Crippen molar-refractivity contribution in [2.45, 2.75) is 0 Å². The summed E-state index contributed by atoms with van der Waals surface area (Å²) >= 11 is 6.11.